The molecule has 2 aromatic heterocycles. The first-order valence-electron chi connectivity index (χ1n) is 6.07. The lowest BCUT2D eigenvalue weighted by Gasteiger charge is -2.04. The fourth-order valence-corrected chi connectivity index (χ4v) is 2.75. The molecule has 0 fully saturated rings. The Hall–Kier alpha value is -1.85. The van der Waals surface area contributed by atoms with E-state index in [0.717, 1.165) is 10.4 Å². The normalized spacial score (nSPS) is 10.7. The van der Waals surface area contributed by atoms with Crippen LogP contribution in [0.3, 0.4) is 0 Å². The number of fused-ring (bicyclic) bond motifs is 1. The van der Waals surface area contributed by atoms with Crippen molar-refractivity contribution in [2.24, 2.45) is 0 Å². The molecule has 0 atom stereocenters. The van der Waals surface area contributed by atoms with Crippen LogP contribution >= 0.6 is 22.9 Å². The Morgan fingerprint density at radius 2 is 1.95 bits per heavy atom. The summed E-state index contributed by atoms with van der Waals surface area (Å²) in [7, 11) is 0. The molecule has 3 aromatic rings. The van der Waals surface area contributed by atoms with E-state index in [2.05, 4.69) is 9.97 Å². The van der Waals surface area contributed by atoms with Crippen molar-refractivity contribution < 1.29 is 9.47 Å². The van der Waals surface area contributed by atoms with Crippen LogP contribution in [0.4, 0.5) is 0 Å². The van der Waals surface area contributed by atoms with Crippen molar-refractivity contribution in [3.8, 4) is 16.7 Å². The average Bonchev–Trinajstić information content (AvgIpc) is 2.82. The minimum absolute atomic E-state index is 0.541. The van der Waals surface area contributed by atoms with Gasteiger partial charge in [0, 0.05) is 6.20 Å². The fourth-order valence-electron chi connectivity index (χ4n) is 1.69. The highest BCUT2D eigenvalue weighted by Gasteiger charge is 2.07. The summed E-state index contributed by atoms with van der Waals surface area (Å²) < 4.78 is 12.0. The van der Waals surface area contributed by atoms with Crippen LogP contribution in [0, 0.1) is 0 Å². The molecule has 1 aromatic carbocycles. The summed E-state index contributed by atoms with van der Waals surface area (Å²) >= 11 is 7.31. The van der Waals surface area contributed by atoms with Crippen molar-refractivity contribution in [3.63, 3.8) is 0 Å². The third-order valence-corrected chi connectivity index (χ3v) is 3.61. The van der Waals surface area contributed by atoms with Gasteiger partial charge in [-0.3, -0.25) is 0 Å². The van der Waals surface area contributed by atoms with Crippen molar-refractivity contribution in [2.75, 3.05) is 6.61 Å². The molecule has 0 saturated carbocycles. The SMILES string of the molecule is CCOc1ccc(Oc2nc3ncc(Cl)cc3s2)cc1. The molecule has 0 spiro atoms. The Morgan fingerprint density at radius 1 is 1.20 bits per heavy atom. The summed E-state index contributed by atoms with van der Waals surface area (Å²) in [5.41, 5.74) is 0.639. The number of thiazole rings is 1. The van der Waals surface area contributed by atoms with Crippen LogP contribution in [0.1, 0.15) is 6.92 Å². The standard InChI is InChI=1S/C14H11ClN2O2S/c1-2-18-10-3-5-11(6-4-10)19-14-17-13-12(20-14)7-9(15)8-16-13/h3-8H,2H2,1H3. The molecule has 0 bridgehead atoms. The van der Waals surface area contributed by atoms with Gasteiger partial charge >= 0.3 is 0 Å². The molecule has 0 aliphatic heterocycles. The maximum absolute atomic E-state index is 5.90. The number of pyridine rings is 1. The van der Waals surface area contributed by atoms with Crippen LogP contribution in [-0.4, -0.2) is 16.6 Å². The number of benzene rings is 1. The third kappa shape index (κ3) is 2.84. The van der Waals surface area contributed by atoms with E-state index in [1.807, 2.05) is 37.3 Å². The van der Waals surface area contributed by atoms with E-state index >= 15 is 0 Å². The highest BCUT2D eigenvalue weighted by molar-refractivity contribution is 7.20. The summed E-state index contributed by atoms with van der Waals surface area (Å²) in [5, 5.41) is 1.13. The Bertz CT molecular complexity index is 728. The monoisotopic (exact) mass is 306 g/mol. The maximum Gasteiger partial charge on any atom is 0.281 e. The van der Waals surface area contributed by atoms with Crippen molar-refractivity contribution in [1.29, 1.82) is 0 Å². The summed E-state index contributed by atoms with van der Waals surface area (Å²) in [4.78, 5) is 8.45. The zero-order valence-electron chi connectivity index (χ0n) is 10.7. The van der Waals surface area contributed by atoms with Gasteiger partial charge in [-0.1, -0.05) is 22.9 Å². The van der Waals surface area contributed by atoms with Crippen LogP contribution < -0.4 is 9.47 Å². The van der Waals surface area contributed by atoms with Crippen molar-refractivity contribution in [2.45, 2.75) is 6.92 Å². The van der Waals surface area contributed by atoms with E-state index in [-0.39, 0.29) is 0 Å². The minimum atomic E-state index is 0.541. The molecule has 4 nitrogen and oxygen atoms in total. The second-order valence-corrected chi connectivity index (χ2v) is 5.39. The fraction of sp³-hybridized carbons (Fsp3) is 0.143. The Kier molecular flexibility index (Phi) is 3.71. The maximum atomic E-state index is 5.90. The van der Waals surface area contributed by atoms with Gasteiger partial charge in [0.25, 0.3) is 5.19 Å². The van der Waals surface area contributed by atoms with Crippen LogP contribution in [-0.2, 0) is 0 Å². The molecule has 3 rings (SSSR count). The Labute approximate surface area is 125 Å². The van der Waals surface area contributed by atoms with Crippen LogP contribution in [0.5, 0.6) is 16.7 Å². The first-order chi connectivity index (χ1) is 9.74. The highest BCUT2D eigenvalue weighted by atomic mass is 35.5. The second-order valence-electron chi connectivity index (χ2n) is 3.96. The second kappa shape index (κ2) is 5.64. The number of hydrogen-bond donors (Lipinski definition) is 0. The number of ether oxygens (including phenoxy) is 2. The molecule has 20 heavy (non-hydrogen) atoms. The zero-order chi connectivity index (χ0) is 13.9. The van der Waals surface area contributed by atoms with Gasteiger partial charge in [-0.05, 0) is 37.3 Å². The quantitative estimate of drug-likeness (QED) is 0.710. The van der Waals surface area contributed by atoms with Gasteiger partial charge in [-0.15, -0.1) is 0 Å². The molecule has 0 aliphatic carbocycles. The van der Waals surface area contributed by atoms with Gasteiger partial charge in [0.05, 0.1) is 16.3 Å². The lowest BCUT2D eigenvalue weighted by Crippen LogP contribution is -1.90. The van der Waals surface area contributed by atoms with E-state index in [4.69, 9.17) is 21.1 Å². The third-order valence-electron chi connectivity index (χ3n) is 2.53. The van der Waals surface area contributed by atoms with Crippen molar-refractivity contribution in [1.82, 2.24) is 9.97 Å². The molecule has 2 heterocycles. The molecular weight excluding hydrogens is 296 g/mol. The topological polar surface area (TPSA) is 44.2 Å². The molecule has 102 valence electrons. The lowest BCUT2D eigenvalue weighted by molar-refractivity contribution is 0.339. The number of hydrogen-bond acceptors (Lipinski definition) is 5. The summed E-state index contributed by atoms with van der Waals surface area (Å²) in [6, 6.07) is 9.24. The first-order valence-corrected chi connectivity index (χ1v) is 7.27. The van der Waals surface area contributed by atoms with Gasteiger partial charge in [0.15, 0.2) is 5.65 Å². The van der Waals surface area contributed by atoms with Crippen molar-refractivity contribution in [3.05, 3.63) is 41.6 Å². The summed E-state index contributed by atoms with van der Waals surface area (Å²) in [6.07, 6.45) is 1.57. The highest BCUT2D eigenvalue weighted by Crippen LogP contribution is 2.32. The van der Waals surface area contributed by atoms with Gasteiger partial charge < -0.3 is 9.47 Å². The molecule has 0 saturated heterocycles. The molecular formula is C14H11ClN2O2S. The van der Waals surface area contributed by atoms with Gasteiger partial charge in [0.2, 0.25) is 0 Å². The number of aromatic nitrogens is 2. The lowest BCUT2D eigenvalue weighted by atomic mass is 10.3. The molecule has 6 heteroatoms. The predicted molar refractivity (Wildman–Crippen MR) is 80.1 cm³/mol. The van der Waals surface area contributed by atoms with E-state index in [1.165, 1.54) is 11.3 Å². The smallest absolute Gasteiger partial charge is 0.281 e. The number of rotatable bonds is 4. The Morgan fingerprint density at radius 3 is 2.70 bits per heavy atom. The molecule has 0 aliphatic rings. The van der Waals surface area contributed by atoms with Crippen LogP contribution in [0.15, 0.2) is 36.5 Å². The van der Waals surface area contributed by atoms with Gasteiger partial charge in [-0.25, -0.2) is 4.98 Å². The van der Waals surface area contributed by atoms with Gasteiger partial charge in [0.1, 0.15) is 11.5 Å². The number of halogens is 1. The summed E-state index contributed by atoms with van der Waals surface area (Å²) in [6.45, 7) is 2.59. The van der Waals surface area contributed by atoms with E-state index in [1.54, 1.807) is 6.20 Å². The zero-order valence-corrected chi connectivity index (χ0v) is 12.2. The average molecular weight is 307 g/mol. The molecule has 0 amide bonds. The van der Waals surface area contributed by atoms with E-state index in [0.29, 0.717) is 28.2 Å². The summed E-state index contributed by atoms with van der Waals surface area (Å²) in [5.74, 6) is 1.52. The number of nitrogens with zero attached hydrogens (tertiary/aromatic N) is 2. The molecule has 0 N–H and O–H groups in total. The van der Waals surface area contributed by atoms with E-state index < -0.39 is 0 Å². The van der Waals surface area contributed by atoms with Crippen LogP contribution in [0.2, 0.25) is 5.02 Å². The molecule has 0 unspecified atom stereocenters. The largest absolute Gasteiger partial charge is 0.494 e. The van der Waals surface area contributed by atoms with Gasteiger partial charge in [-0.2, -0.15) is 4.98 Å². The van der Waals surface area contributed by atoms with E-state index in [9.17, 15) is 0 Å². The van der Waals surface area contributed by atoms with Crippen LogP contribution in [0.25, 0.3) is 10.3 Å². The Balaban J connectivity index is 1.81. The first kappa shape index (κ1) is 13.1. The molecule has 0 radical (unpaired) electrons. The van der Waals surface area contributed by atoms with Crippen molar-refractivity contribution >= 4 is 33.3 Å². The predicted octanol–water partition coefficient (Wildman–Crippen LogP) is 4.54. The minimum Gasteiger partial charge on any atom is -0.494 e.